The molecule has 88 valence electrons. The molecule has 0 aliphatic carbocycles. The molecule has 0 bridgehead atoms. The molecule has 0 atom stereocenters. The van der Waals surface area contributed by atoms with Crippen LogP contribution in [0.25, 0.3) is 0 Å². The molecule has 17 heavy (non-hydrogen) atoms. The van der Waals surface area contributed by atoms with Gasteiger partial charge in [0.1, 0.15) is 11.5 Å². The first kappa shape index (κ1) is 12.4. The van der Waals surface area contributed by atoms with E-state index in [4.69, 9.17) is 16.3 Å². The Labute approximate surface area is 113 Å². The SMILES string of the molecule is OCc1ccc(Cl)cc1Oc1cccc(Br)c1. The lowest BCUT2D eigenvalue weighted by Gasteiger charge is -2.10. The van der Waals surface area contributed by atoms with Crippen molar-refractivity contribution in [1.82, 2.24) is 0 Å². The summed E-state index contributed by atoms with van der Waals surface area (Å²) in [5.74, 6) is 1.26. The summed E-state index contributed by atoms with van der Waals surface area (Å²) in [7, 11) is 0. The van der Waals surface area contributed by atoms with Gasteiger partial charge in [-0.15, -0.1) is 0 Å². The van der Waals surface area contributed by atoms with Gasteiger partial charge in [0.2, 0.25) is 0 Å². The van der Waals surface area contributed by atoms with Crippen LogP contribution in [0.2, 0.25) is 5.02 Å². The minimum atomic E-state index is -0.0828. The van der Waals surface area contributed by atoms with Crippen LogP contribution < -0.4 is 4.74 Å². The summed E-state index contributed by atoms with van der Waals surface area (Å²) in [5, 5.41) is 9.79. The Morgan fingerprint density at radius 2 is 2.00 bits per heavy atom. The van der Waals surface area contributed by atoms with Crippen molar-refractivity contribution < 1.29 is 9.84 Å². The highest BCUT2D eigenvalue weighted by molar-refractivity contribution is 9.10. The van der Waals surface area contributed by atoms with Gasteiger partial charge in [0.05, 0.1) is 6.61 Å². The van der Waals surface area contributed by atoms with Gasteiger partial charge in [0.15, 0.2) is 0 Å². The van der Waals surface area contributed by atoms with E-state index in [1.165, 1.54) is 0 Å². The van der Waals surface area contributed by atoms with Crippen LogP contribution in [-0.4, -0.2) is 5.11 Å². The summed E-state index contributed by atoms with van der Waals surface area (Å²) in [6, 6.07) is 12.6. The lowest BCUT2D eigenvalue weighted by molar-refractivity contribution is 0.276. The second kappa shape index (κ2) is 5.54. The zero-order chi connectivity index (χ0) is 12.3. The number of hydrogen-bond acceptors (Lipinski definition) is 2. The summed E-state index contributed by atoms with van der Waals surface area (Å²) in [6.07, 6.45) is 0. The van der Waals surface area contributed by atoms with Crippen molar-refractivity contribution in [2.24, 2.45) is 0 Å². The van der Waals surface area contributed by atoms with E-state index in [9.17, 15) is 5.11 Å². The van der Waals surface area contributed by atoms with Crippen LogP contribution in [-0.2, 0) is 6.61 Å². The van der Waals surface area contributed by atoms with Crippen molar-refractivity contribution >= 4 is 27.5 Å². The lowest BCUT2D eigenvalue weighted by atomic mass is 10.2. The van der Waals surface area contributed by atoms with Crippen LogP contribution in [0.15, 0.2) is 46.9 Å². The summed E-state index contributed by atoms with van der Waals surface area (Å²) in [6.45, 7) is -0.0828. The standard InChI is InChI=1S/C13H10BrClO2/c14-10-2-1-3-12(6-10)17-13-7-11(15)5-4-9(13)8-16/h1-7,16H,8H2. The number of aliphatic hydroxyl groups is 1. The molecular formula is C13H10BrClO2. The Morgan fingerprint density at radius 3 is 2.71 bits per heavy atom. The summed E-state index contributed by atoms with van der Waals surface area (Å²) in [5.41, 5.74) is 0.703. The van der Waals surface area contributed by atoms with E-state index in [1.807, 2.05) is 24.3 Å². The topological polar surface area (TPSA) is 29.5 Å². The normalized spacial score (nSPS) is 10.3. The average Bonchev–Trinajstić information content (AvgIpc) is 2.29. The first-order chi connectivity index (χ1) is 8.19. The molecule has 2 rings (SSSR count). The van der Waals surface area contributed by atoms with Crippen molar-refractivity contribution in [2.75, 3.05) is 0 Å². The molecule has 1 N–H and O–H groups in total. The molecule has 2 aromatic carbocycles. The highest BCUT2D eigenvalue weighted by Crippen LogP contribution is 2.29. The molecule has 0 radical (unpaired) electrons. The molecule has 0 aliphatic heterocycles. The Bertz CT molecular complexity index is 529. The van der Waals surface area contributed by atoms with Crippen molar-refractivity contribution in [3.05, 3.63) is 57.5 Å². The Morgan fingerprint density at radius 1 is 1.18 bits per heavy atom. The number of benzene rings is 2. The third-order valence-electron chi connectivity index (χ3n) is 2.22. The molecule has 4 heteroatoms. The van der Waals surface area contributed by atoms with Crippen LogP contribution in [0.3, 0.4) is 0 Å². The van der Waals surface area contributed by atoms with Gasteiger partial charge in [-0.05, 0) is 30.3 Å². The first-order valence-electron chi connectivity index (χ1n) is 5.02. The summed E-state index contributed by atoms with van der Waals surface area (Å²) >= 11 is 9.27. The van der Waals surface area contributed by atoms with Crippen LogP contribution in [0.1, 0.15) is 5.56 Å². The van der Waals surface area contributed by atoms with Gasteiger partial charge in [-0.1, -0.05) is 39.7 Å². The third-order valence-corrected chi connectivity index (χ3v) is 2.95. The molecule has 0 amide bonds. The molecule has 0 aromatic heterocycles. The predicted octanol–water partition coefficient (Wildman–Crippen LogP) is 4.39. The van der Waals surface area contributed by atoms with Crippen molar-refractivity contribution in [3.8, 4) is 11.5 Å². The number of ether oxygens (including phenoxy) is 1. The second-order valence-electron chi connectivity index (χ2n) is 3.47. The van der Waals surface area contributed by atoms with E-state index in [0.29, 0.717) is 22.1 Å². The van der Waals surface area contributed by atoms with Gasteiger partial charge >= 0.3 is 0 Å². The van der Waals surface area contributed by atoms with Crippen LogP contribution in [0.5, 0.6) is 11.5 Å². The molecule has 0 unspecified atom stereocenters. The van der Waals surface area contributed by atoms with E-state index in [-0.39, 0.29) is 6.61 Å². The maximum atomic E-state index is 9.21. The van der Waals surface area contributed by atoms with Crippen molar-refractivity contribution in [2.45, 2.75) is 6.61 Å². The second-order valence-corrected chi connectivity index (χ2v) is 4.82. The molecule has 0 fully saturated rings. The van der Waals surface area contributed by atoms with Gasteiger partial charge in [-0.2, -0.15) is 0 Å². The maximum absolute atomic E-state index is 9.21. The van der Waals surface area contributed by atoms with Crippen molar-refractivity contribution in [3.63, 3.8) is 0 Å². The van der Waals surface area contributed by atoms with Crippen LogP contribution in [0, 0.1) is 0 Å². The maximum Gasteiger partial charge on any atom is 0.134 e. The highest BCUT2D eigenvalue weighted by atomic mass is 79.9. The van der Waals surface area contributed by atoms with Crippen LogP contribution in [0.4, 0.5) is 0 Å². The summed E-state index contributed by atoms with van der Waals surface area (Å²) in [4.78, 5) is 0. The quantitative estimate of drug-likeness (QED) is 0.911. The van der Waals surface area contributed by atoms with E-state index in [0.717, 1.165) is 4.47 Å². The van der Waals surface area contributed by atoms with Gasteiger partial charge in [-0.3, -0.25) is 0 Å². The molecule has 0 aliphatic rings. The molecule has 0 spiro atoms. The minimum Gasteiger partial charge on any atom is -0.457 e. The van der Waals surface area contributed by atoms with Gasteiger partial charge in [-0.25, -0.2) is 0 Å². The summed E-state index contributed by atoms with van der Waals surface area (Å²) < 4.78 is 6.62. The predicted molar refractivity (Wildman–Crippen MR) is 71.6 cm³/mol. The Balaban J connectivity index is 2.32. The fourth-order valence-corrected chi connectivity index (χ4v) is 1.95. The van der Waals surface area contributed by atoms with E-state index >= 15 is 0 Å². The first-order valence-corrected chi connectivity index (χ1v) is 6.19. The van der Waals surface area contributed by atoms with E-state index < -0.39 is 0 Å². The smallest absolute Gasteiger partial charge is 0.134 e. The van der Waals surface area contributed by atoms with E-state index in [1.54, 1.807) is 18.2 Å². The Hall–Kier alpha value is -1.03. The Kier molecular flexibility index (Phi) is 4.05. The van der Waals surface area contributed by atoms with Crippen LogP contribution >= 0.6 is 27.5 Å². The fraction of sp³-hybridized carbons (Fsp3) is 0.0769. The molecular weight excluding hydrogens is 303 g/mol. The van der Waals surface area contributed by atoms with Gasteiger partial charge < -0.3 is 9.84 Å². The number of halogens is 2. The lowest BCUT2D eigenvalue weighted by Crippen LogP contribution is -1.91. The fourth-order valence-electron chi connectivity index (χ4n) is 1.41. The van der Waals surface area contributed by atoms with Crippen molar-refractivity contribution in [1.29, 1.82) is 0 Å². The number of rotatable bonds is 3. The molecule has 0 heterocycles. The largest absolute Gasteiger partial charge is 0.457 e. The van der Waals surface area contributed by atoms with Gasteiger partial charge in [0, 0.05) is 15.1 Å². The van der Waals surface area contributed by atoms with Gasteiger partial charge in [0.25, 0.3) is 0 Å². The zero-order valence-electron chi connectivity index (χ0n) is 8.86. The zero-order valence-corrected chi connectivity index (χ0v) is 11.2. The monoisotopic (exact) mass is 312 g/mol. The molecule has 0 saturated carbocycles. The average molecular weight is 314 g/mol. The minimum absolute atomic E-state index is 0.0828. The molecule has 2 aromatic rings. The number of aliphatic hydroxyl groups excluding tert-OH is 1. The third kappa shape index (κ3) is 3.22. The molecule has 2 nitrogen and oxygen atoms in total. The highest BCUT2D eigenvalue weighted by Gasteiger charge is 2.05. The number of hydrogen-bond donors (Lipinski definition) is 1. The van der Waals surface area contributed by atoms with E-state index in [2.05, 4.69) is 15.9 Å². The molecule has 0 saturated heterocycles.